The molecule has 3 N–H and O–H groups in total. The van der Waals surface area contributed by atoms with Gasteiger partial charge in [-0.3, -0.25) is 9.69 Å². The van der Waals surface area contributed by atoms with Gasteiger partial charge in [0.1, 0.15) is 6.04 Å². The van der Waals surface area contributed by atoms with E-state index in [1.807, 2.05) is 20.8 Å². The Morgan fingerprint density at radius 3 is 2.20 bits per heavy atom. The van der Waals surface area contributed by atoms with Crippen molar-refractivity contribution in [3.05, 3.63) is 0 Å². The van der Waals surface area contributed by atoms with Gasteiger partial charge in [-0.1, -0.05) is 34.6 Å². The summed E-state index contributed by atoms with van der Waals surface area (Å²) in [6, 6.07) is -0.779. The minimum absolute atomic E-state index is 0.119. The predicted octanol–water partition coefficient (Wildman–Crippen LogP) is 2.54. The number of aliphatic carboxylic acids is 1. The van der Waals surface area contributed by atoms with Gasteiger partial charge in [0.2, 0.25) is 0 Å². The third kappa shape index (κ3) is 4.27. The molecular formula is C19H35N3O3. The van der Waals surface area contributed by atoms with Gasteiger partial charge in [0.25, 0.3) is 0 Å². The lowest BCUT2D eigenvalue weighted by Gasteiger charge is -2.38. The van der Waals surface area contributed by atoms with Crippen LogP contribution in [-0.2, 0) is 4.79 Å². The average Bonchev–Trinajstić information content (AvgIpc) is 2.76. The summed E-state index contributed by atoms with van der Waals surface area (Å²) in [5.74, 6) is -0.0866. The van der Waals surface area contributed by atoms with Gasteiger partial charge in [0.15, 0.2) is 0 Å². The highest BCUT2D eigenvalue weighted by Gasteiger charge is 2.68. The monoisotopic (exact) mass is 353 g/mol. The van der Waals surface area contributed by atoms with Crippen molar-refractivity contribution >= 4 is 12.0 Å². The Bertz CT molecular complexity index is 545. The van der Waals surface area contributed by atoms with Crippen LogP contribution in [0.1, 0.15) is 55.4 Å². The Kier molecular flexibility index (Phi) is 4.92. The Morgan fingerprint density at radius 1 is 1.20 bits per heavy atom. The van der Waals surface area contributed by atoms with E-state index in [1.54, 1.807) is 0 Å². The summed E-state index contributed by atoms with van der Waals surface area (Å²) in [7, 11) is 0. The van der Waals surface area contributed by atoms with E-state index in [4.69, 9.17) is 0 Å². The number of hydrogen-bond acceptors (Lipinski definition) is 3. The topological polar surface area (TPSA) is 81.7 Å². The third-order valence-corrected chi connectivity index (χ3v) is 5.81. The summed E-state index contributed by atoms with van der Waals surface area (Å²) in [6.45, 7) is 17.7. The second-order valence-corrected chi connectivity index (χ2v) is 10.5. The number of nitrogens with one attached hydrogen (secondary N) is 2. The van der Waals surface area contributed by atoms with E-state index in [-0.39, 0.29) is 34.4 Å². The largest absolute Gasteiger partial charge is 0.480 e. The van der Waals surface area contributed by atoms with E-state index in [9.17, 15) is 14.7 Å². The minimum Gasteiger partial charge on any atom is -0.480 e. The van der Waals surface area contributed by atoms with E-state index in [1.165, 1.54) is 0 Å². The Morgan fingerprint density at radius 2 is 1.76 bits per heavy atom. The fraction of sp³-hybridized carbons (Fsp3) is 0.895. The smallest absolute Gasteiger partial charge is 0.321 e. The number of carbonyl (C=O) groups is 2. The van der Waals surface area contributed by atoms with Gasteiger partial charge in [0, 0.05) is 24.7 Å². The van der Waals surface area contributed by atoms with Crippen molar-refractivity contribution in [3.63, 3.8) is 0 Å². The molecule has 144 valence electrons. The van der Waals surface area contributed by atoms with Crippen molar-refractivity contribution in [1.82, 2.24) is 15.5 Å². The van der Waals surface area contributed by atoms with Crippen LogP contribution in [0.2, 0.25) is 0 Å². The molecule has 6 heteroatoms. The van der Waals surface area contributed by atoms with Crippen molar-refractivity contribution in [2.75, 3.05) is 13.1 Å². The van der Waals surface area contributed by atoms with Gasteiger partial charge < -0.3 is 15.7 Å². The van der Waals surface area contributed by atoms with Crippen molar-refractivity contribution in [3.8, 4) is 0 Å². The highest BCUT2D eigenvalue weighted by atomic mass is 16.4. The number of carboxylic acid groups (broad SMARTS) is 1. The second-order valence-electron chi connectivity index (χ2n) is 10.5. The Balaban J connectivity index is 2.08. The van der Waals surface area contributed by atoms with Crippen molar-refractivity contribution in [2.45, 2.75) is 73.0 Å². The number of carboxylic acids is 1. The summed E-state index contributed by atoms with van der Waals surface area (Å²) in [6.07, 6.45) is 0. The Labute approximate surface area is 151 Å². The van der Waals surface area contributed by atoms with Crippen LogP contribution >= 0.6 is 0 Å². The lowest BCUT2D eigenvalue weighted by molar-refractivity contribution is -0.143. The summed E-state index contributed by atoms with van der Waals surface area (Å²) < 4.78 is 0. The molecule has 2 amide bonds. The molecule has 1 heterocycles. The maximum absolute atomic E-state index is 12.3. The van der Waals surface area contributed by atoms with Crippen LogP contribution in [0.4, 0.5) is 4.79 Å². The molecule has 1 saturated heterocycles. The lowest BCUT2D eigenvalue weighted by atomic mass is 9.86. The molecule has 1 saturated carbocycles. The van der Waals surface area contributed by atoms with Crippen LogP contribution in [0.5, 0.6) is 0 Å². The van der Waals surface area contributed by atoms with Crippen molar-refractivity contribution in [1.29, 1.82) is 0 Å². The number of piperidine rings is 1. The molecule has 25 heavy (non-hydrogen) atoms. The highest BCUT2D eigenvalue weighted by molar-refractivity contribution is 5.76. The molecular weight excluding hydrogens is 318 g/mol. The van der Waals surface area contributed by atoms with Crippen molar-refractivity contribution < 1.29 is 14.7 Å². The first-order valence-electron chi connectivity index (χ1n) is 9.20. The number of fused-ring (bicyclic) bond motifs is 1. The number of hydrogen-bond donors (Lipinski definition) is 3. The highest BCUT2D eigenvalue weighted by Crippen LogP contribution is 2.64. The fourth-order valence-corrected chi connectivity index (χ4v) is 4.16. The normalized spacial score (nSPS) is 29.7. The molecule has 1 aliphatic heterocycles. The number of urea groups is 1. The van der Waals surface area contributed by atoms with Gasteiger partial charge in [-0.15, -0.1) is 0 Å². The van der Waals surface area contributed by atoms with Crippen LogP contribution in [-0.4, -0.2) is 52.7 Å². The van der Waals surface area contributed by atoms with E-state index >= 15 is 0 Å². The molecule has 0 radical (unpaired) electrons. The molecule has 4 unspecified atom stereocenters. The van der Waals surface area contributed by atoms with Crippen LogP contribution < -0.4 is 10.6 Å². The maximum Gasteiger partial charge on any atom is 0.321 e. The van der Waals surface area contributed by atoms with Crippen LogP contribution in [0, 0.1) is 22.7 Å². The molecule has 2 rings (SSSR count). The SMILES string of the molecule is CC(C)(C)NC(=O)NC(CN1CC2C(C1C(=O)O)C2(C)C)C(C)(C)C. The minimum atomic E-state index is -0.745. The number of likely N-dealkylation sites (tertiary alicyclic amines) is 1. The lowest BCUT2D eigenvalue weighted by Crippen LogP contribution is -2.57. The molecule has 0 bridgehead atoms. The molecule has 0 aromatic heterocycles. The zero-order valence-electron chi connectivity index (χ0n) is 16.9. The maximum atomic E-state index is 12.3. The first-order chi connectivity index (χ1) is 11.1. The molecule has 4 atom stereocenters. The zero-order valence-corrected chi connectivity index (χ0v) is 16.9. The quantitative estimate of drug-likeness (QED) is 0.725. The molecule has 1 aliphatic carbocycles. The van der Waals surface area contributed by atoms with E-state index in [2.05, 4.69) is 50.2 Å². The number of rotatable bonds is 4. The number of nitrogens with zero attached hydrogens (tertiary/aromatic N) is 1. The van der Waals surface area contributed by atoms with Gasteiger partial charge >= 0.3 is 12.0 Å². The second kappa shape index (κ2) is 6.15. The van der Waals surface area contributed by atoms with Crippen LogP contribution in [0.15, 0.2) is 0 Å². The van der Waals surface area contributed by atoms with Gasteiger partial charge in [0.05, 0.1) is 0 Å². The first kappa shape index (κ1) is 20.0. The van der Waals surface area contributed by atoms with Gasteiger partial charge in [-0.25, -0.2) is 4.79 Å². The summed E-state index contributed by atoms with van der Waals surface area (Å²) in [5.41, 5.74) is -0.357. The molecule has 2 fully saturated rings. The fourth-order valence-electron chi connectivity index (χ4n) is 4.16. The summed E-state index contributed by atoms with van der Waals surface area (Å²) in [5, 5.41) is 15.7. The van der Waals surface area contributed by atoms with Crippen LogP contribution in [0.25, 0.3) is 0 Å². The van der Waals surface area contributed by atoms with E-state index in [0.717, 1.165) is 6.54 Å². The molecule has 0 aromatic rings. The first-order valence-corrected chi connectivity index (χ1v) is 9.20. The Hall–Kier alpha value is -1.30. The summed E-state index contributed by atoms with van der Waals surface area (Å²) >= 11 is 0. The predicted molar refractivity (Wildman–Crippen MR) is 98.4 cm³/mol. The van der Waals surface area contributed by atoms with Crippen LogP contribution in [0.3, 0.4) is 0 Å². The zero-order chi connectivity index (χ0) is 19.4. The summed E-state index contributed by atoms with van der Waals surface area (Å²) in [4.78, 5) is 26.2. The molecule has 6 nitrogen and oxygen atoms in total. The number of carbonyl (C=O) groups excluding carboxylic acids is 1. The van der Waals surface area contributed by atoms with Gasteiger partial charge in [-0.05, 0) is 43.4 Å². The molecule has 0 spiro atoms. The molecule has 0 aromatic carbocycles. The third-order valence-electron chi connectivity index (χ3n) is 5.81. The van der Waals surface area contributed by atoms with Gasteiger partial charge in [-0.2, -0.15) is 0 Å². The van der Waals surface area contributed by atoms with E-state index in [0.29, 0.717) is 12.5 Å². The molecule has 2 aliphatic rings. The van der Waals surface area contributed by atoms with E-state index < -0.39 is 12.0 Å². The van der Waals surface area contributed by atoms with Crippen molar-refractivity contribution in [2.24, 2.45) is 22.7 Å². The standard InChI is InChI=1S/C19H35N3O3/c1-17(2,3)12(20-16(25)21-18(4,5)6)10-22-9-11-13(19(11,7)8)14(22)15(23)24/h11-14H,9-10H2,1-8H3,(H,23,24)(H2,20,21,25). The number of amides is 2. The average molecular weight is 354 g/mol.